The van der Waals surface area contributed by atoms with E-state index in [-0.39, 0.29) is 17.9 Å². The number of halogens is 1. The van der Waals surface area contributed by atoms with Crippen molar-refractivity contribution in [1.82, 2.24) is 15.2 Å². The first-order chi connectivity index (χ1) is 13.9. The molecule has 2 aromatic carbocycles. The summed E-state index contributed by atoms with van der Waals surface area (Å²) in [6, 6.07) is 13.3. The largest absolute Gasteiger partial charge is 0.354 e. The molecule has 6 heteroatoms. The Morgan fingerprint density at radius 1 is 1.10 bits per heavy atom. The Kier molecular flexibility index (Phi) is 4.92. The number of aromatic nitrogens is 1. The molecule has 1 aromatic heterocycles. The number of amides is 2. The van der Waals surface area contributed by atoms with Crippen molar-refractivity contribution in [3.63, 3.8) is 0 Å². The molecule has 0 spiro atoms. The molecule has 0 radical (unpaired) electrons. The van der Waals surface area contributed by atoms with Gasteiger partial charge in [-0.2, -0.15) is 0 Å². The average molecular weight is 391 g/mol. The average Bonchev–Trinajstić information content (AvgIpc) is 2.95. The molecule has 5 nitrogen and oxygen atoms in total. The molecule has 0 atom stereocenters. The maximum Gasteiger partial charge on any atom is 0.257 e. The maximum absolute atomic E-state index is 13.2. The maximum atomic E-state index is 13.2. The number of hydrogen-bond acceptors (Lipinski definition) is 2. The van der Waals surface area contributed by atoms with E-state index in [1.54, 1.807) is 6.20 Å². The predicted octanol–water partition coefficient (Wildman–Crippen LogP) is 3.87. The van der Waals surface area contributed by atoms with Crippen LogP contribution in [0.25, 0.3) is 16.5 Å². The molecule has 0 bridgehead atoms. The summed E-state index contributed by atoms with van der Waals surface area (Å²) in [4.78, 5) is 30.9. The van der Waals surface area contributed by atoms with Crippen LogP contribution in [-0.2, 0) is 11.2 Å². The number of fused-ring (bicyclic) bond motifs is 3. The molecule has 2 heterocycles. The molecule has 2 amide bonds. The van der Waals surface area contributed by atoms with E-state index in [0.717, 1.165) is 22.2 Å². The van der Waals surface area contributed by atoms with Gasteiger partial charge in [-0.25, -0.2) is 4.39 Å². The van der Waals surface area contributed by atoms with Gasteiger partial charge in [0.1, 0.15) is 5.82 Å². The number of H-pyrrole nitrogens is 1. The van der Waals surface area contributed by atoms with Crippen molar-refractivity contribution in [3.05, 3.63) is 77.4 Å². The van der Waals surface area contributed by atoms with Crippen molar-refractivity contribution in [2.45, 2.75) is 26.3 Å². The van der Waals surface area contributed by atoms with E-state index in [1.165, 1.54) is 29.2 Å². The molecule has 0 aliphatic carbocycles. The van der Waals surface area contributed by atoms with Gasteiger partial charge >= 0.3 is 0 Å². The van der Waals surface area contributed by atoms with Crippen LogP contribution in [0.5, 0.6) is 0 Å². The van der Waals surface area contributed by atoms with Crippen molar-refractivity contribution < 1.29 is 14.0 Å². The number of aromatic amines is 1. The van der Waals surface area contributed by atoms with Gasteiger partial charge in [-0.1, -0.05) is 18.2 Å². The molecule has 3 aromatic rings. The van der Waals surface area contributed by atoms with Crippen LogP contribution in [0, 0.1) is 5.82 Å². The van der Waals surface area contributed by atoms with Crippen LogP contribution in [0.1, 0.15) is 35.5 Å². The van der Waals surface area contributed by atoms with Crippen molar-refractivity contribution in [1.29, 1.82) is 0 Å². The third kappa shape index (κ3) is 3.66. The fraction of sp³-hybridized carbons (Fsp3) is 0.217. The SMILES string of the molecule is CC(C)NC(=O)C1=CN(C(=O)c2ccc(F)cc2)CCc2c1[nH]c1ccccc21. The Hall–Kier alpha value is -3.41. The number of hydrogen-bond donors (Lipinski definition) is 2. The first-order valence-electron chi connectivity index (χ1n) is 9.63. The smallest absolute Gasteiger partial charge is 0.257 e. The summed E-state index contributed by atoms with van der Waals surface area (Å²) in [5, 5.41) is 3.96. The highest BCUT2D eigenvalue weighted by Gasteiger charge is 2.27. The van der Waals surface area contributed by atoms with Crippen LogP contribution in [0.4, 0.5) is 4.39 Å². The van der Waals surface area contributed by atoms with Gasteiger partial charge in [-0.05, 0) is 56.2 Å². The highest BCUT2D eigenvalue weighted by Crippen LogP contribution is 2.31. The van der Waals surface area contributed by atoms with Crippen LogP contribution < -0.4 is 5.32 Å². The summed E-state index contributed by atoms with van der Waals surface area (Å²) in [6.45, 7) is 4.20. The Labute approximate surface area is 168 Å². The van der Waals surface area contributed by atoms with E-state index in [2.05, 4.69) is 10.3 Å². The van der Waals surface area contributed by atoms with Crippen molar-refractivity contribution >= 4 is 28.3 Å². The molecule has 1 aliphatic heterocycles. The van der Waals surface area contributed by atoms with E-state index < -0.39 is 5.82 Å². The van der Waals surface area contributed by atoms with Crippen molar-refractivity contribution in [2.24, 2.45) is 0 Å². The standard InChI is InChI=1S/C23H22FN3O2/c1-14(2)25-22(28)19-13-27(23(29)15-7-9-16(24)10-8-15)12-11-18-17-5-3-4-6-20(17)26-21(18)19/h3-10,13-14,26H,11-12H2,1-2H3,(H,25,28). The molecule has 29 heavy (non-hydrogen) atoms. The number of carbonyl (C=O) groups is 2. The summed E-state index contributed by atoms with van der Waals surface area (Å²) in [6.07, 6.45) is 2.20. The predicted molar refractivity (Wildman–Crippen MR) is 111 cm³/mol. The number of para-hydroxylation sites is 1. The second kappa shape index (κ2) is 7.54. The molecule has 2 N–H and O–H groups in total. The number of rotatable bonds is 3. The summed E-state index contributed by atoms with van der Waals surface area (Å²) in [5.41, 5.74) is 3.50. The van der Waals surface area contributed by atoms with Gasteiger partial charge in [0.2, 0.25) is 0 Å². The fourth-order valence-corrected chi connectivity index (χ4v) is 3.64. The zero-order chi connectivity index (χ0) is 20.5. The molecule has 0 unspecified atom stereocenters. The zero-order valence-electron chi connectivity index (χ0n) is 16.3. The lowest BCUT2D eigenvalue weighted by Crippen LogP contribution is -2.32. The molecule has 0 saturated heterocycles. The van der Waals surface area contributed by atoms with Gasteiger partial charge < -0.3 is 15.2 Å². The van der Waals surface area contributed by atoms with Gasteiger partial charge in [0.25, 0.3) is 11.8 Å². The minimum absolute atomic E-state index is 0.0410. The molecule has 148 valence electrons. The molecule has 0 fully saturated rings. The first-order valence-corrected chi connectivity index (χ1v) is 9.63. The Morgan fingerprint density at radius 2 is 1.83 bits per heavy atom. The third-order valence-corrected chi connectivity index (χ3v) is 4.99. The lowest BCUT2D eigenvalue weighted by atomic mass is 10.0. The van der Waals surface area contributed by atoms with Gasteiger partial charge in [0, 0.05) is 35.3 Å². The molecule has 0 saturated carbocycles. The summed E-state index contributed by atoms with van der Waals surface area (Å²) in [7, 11) is 0. The molecule has 4 rings (SSSR count). The van der Waals surface area contributed by atoms with Crippen LogP contribution in [0.2, 0.25) is 0 Å². The zero-order valence-corrected chi connectivity index (χ0v) is 16.3. The van der Waals surface area contributed by atoms with E-state index in [9.17, 15) is 14.0 Å². The Balaban J connectivity index is 1.79. The summed E-state index contributed by atoms with van der Waals surface area (Å²) in [5.74, 6) is -0.910. The van der Waals surface area contributed by atoms with Crippen LogP contribution in [0.15, 0.2) is 54.7 Å². The van der Waals surface area contributed by atoms with Crippen molar-refractivity contribution in [2.75, 3.05) is 6.54 Å². The van der Waals surface area contributed by atoms with Crippen molar-refractivity contribution in [3.8, 4) is 0 Å². The number of benzene rings is 2. The van der Waals surface area contributed by atoms with Gasteiger partial charge in [0.05, 0.1) is 11.3 Å². The quantitative estimate of drug-likeness (QED) is 0.712. The van der Waals surface area contributed by atoms with Gasteiger partial charge in [-0.3, -0.25) is 9.59 Å². The highest BCUT2D eigenvalue weighted by atomic mass is 19.1. The Bertz CT molecular complexity index is 1110. The summed E-state index contributed by atoms with van der Waals surface area (Å²) >= 11 is 0. The highest BCUT2D eigenvalue weighted by molar-refractivity contribution is 6.21. The molecule has 1 aliphatic rings. The Morgan fingerprint density at radius 3 is 2.55 bits per heavy atom. The van der Waals surface area contributed by atoms with E-state index in [0.29, 0.717) is 24.1 Å². The fourth-order valence-electron chi connectivity index (χ4n) is 3.64. The second-order valence-electron chi connectivity index (χ2n) is 7.45. The first kappa shape index (κ1) is 18.9. The second-order valence-corrected chi connectivity index (χ2v) is 7.45. The normalized spacial score (nSPS) is 13.8. The number of nitrogens with zero attached hydrogens (tertiary/aromatic N) is 1. The van der Waals surface area contributed by atoms with Crippen LogP contribution in [-0.4, -0.2) is 34.3 Å². The third-order valence-electron chi connectivity index (χ3n) is 4.99. The van der Waals surface area contributed by atoms with Gasteiger partial charge in [0.15, 0.2) is 0 Å². The monoisotopic (exact) mass is 391 g/mol. The van der Waals surface area contributed by atoms with Gasteiger partial charge in [-0.15, -0.1) is 0 Å². The number of carbonyl (C=O) groups excluding carboxylic acids is 2. The van der Waals surface area contributed by atoms with E-state index in [1.807, 2.05) is 38.1 Å². The van der Waals surface area contributed by atoms with Crippen LogP contribution >= 0.6 is 0 Å². The minimum atomic E-state index is -0.397. The molecular formula is C23H22FN3O2. The summed E-state index contributed by atoms with van der Waals surface area (Å²) < 4.78 is 13.2. The van der Waals surface area contributed by atoms with E-state index >= 15 is 0 Å². The lowest BCUT2D eigenvalue weighted by Gasteiger charge is -2.18. The minimum Gasteiger partial charge on any atom is -0.354 e. The topological polar surface area (TPSA) is 65.2 Å². The van der Waals surface area contributed by atoms with E-state index in [4.69, 9.17) is 0 Å². The lowest BCUT2D eigenvalue weighted by molar-refractivity contribution is -0.116. The molecular weight excluding hydrogens is 369 g/mol. The number of nitrogens with one attached hydrogen (secondary N) is 2. The van der Waals surface area contributed by atoms with Crippen LogP contribution in [0.3, 0.4) is 0 Å².